The summed E-state index contributed by atoms with van der Waals surface area (Å²) >= 11 is 5.56. The van der Waals surface area contributed by atoms with E-state index in [0.29, 0.717) is 0 Å². The number of hydrogen-bond donors (Lipinski definition) is 0. The molecule has 21 aromatic carbocycles. The highest BCUT2D eigenvalue weighted by Gasteiger charge is 2.24. The van der Waals surface area contributed by atoms with Gasteiger partial charge < -0.3 is 9.13 Å². The van der Waals surface area contributed by atoms with Gasteiger partial charge in [0.15, 0.2) is 0 Å². The second-order valence-corrected chi connectivity index (χ2v) is 39.0. The van der Waals surface area contributed by atoms with Crippen LogP contribution in [-0.4, -0.2) is 39.0 Å². The van der Waals surface area contributed by atoms with Crippen molar-refractivity contribution in [2.45, 2.75) is 0 Å². The Kier molecular flexibility index (Phi) is 20.4. The van der Waals surface area contributed by atoms with E-state index in [0.717, 1.165) is 118 Å². The summed E-state index contributed by atoms with van der Waals surface area (Å²) in [6, 6.07) is 173. The maximum Gasteiger partial charge on any atom is 0.0973 e. The first-order chi connectivity index (χ1) is 69.9. The number of aromatic nitrogens is 8. The highest BCUT2D eigenvalue weighted by molar-refractivity contribution is 7.26. The minimum absolute atomic E-state index is 0.874. The molecule has 29 rings (SSSR count). The lowest BCUT2D eigenvalue weighted by Crippen LogP contribution is -1.97. The molecule has 0 spiro atoms. The average Bonchev–Trinajstić information content (AvgIpc) is 1.60. The molecule has 141 heavy (non-hydrogen) atoms. The molecule has 0 N–H and O–H groups in total. The third kappa shape index (κ3) is 14.7. The molecule has 658 valence electrons. The van der Waals surface area contributed by atoms with Crippen LogP contribution in [0.5, 0.6) is 0 Å². The topological polar surface area (TPSA) is 87.2 Å². The molecule has 0 fully saturated rings. The zero-order valence-corrected chi connectivity index (χ0v) is 78.4. The van der Waals surface area contributed by atoms with E-state index in [4.69, 9.17) is 29.9 Å². The van der Waals surface area contributed by atoms with Gasteiger partial charge >= 0.3 is 0 Å². The molecule has 0 saturated carbocycles. The van der Waals surface area contributed by atoms with Gasteiger partial charge in [0, 0.05) is 127 Å². The summed E-state index contributed by atoms with van der Waals surface area (Å²) in [7, 11) is 0. The van der Waals surface area contributed by atoms with Gasteiger partial charge in [0.1, 0.15) is 0 Å². The maximum absolute atomic E-state index is 5.26. The van der Waals surface area contributed by atoms with E-state index >= 15 is 0 Å². The quantitative estimate of drug-likeness (QED) is 0.121. The van der Waals surface area contributed by atoms with Crippen LogP contribution >= 0.6 is 34.0 Å². The molecule has 8 nitrogen and oxygen atoms in total. The Morgan fingerprint density at radius 1 is 0.149 bits per heavy atom. The second-order valence-electron chi connectivity index (χ2n) is 35.8. The third-order valence-corrected chi connectivity index (χ3v) is 30.9. The van der Waals surface area contributed by atoms with E-state index in [2.05, 4.69) is 422 Å². The van der Waals surface area contributed by atoms with Gasteiger partial charge in [-0.15, -0.1) is 34.0 Å². The van der Waals surface area contributed by atoms with Gasteiger partial charge in [0.25, 0.3) is 0 Å². The van der Waals surface area contributed by atoms with Gasteiger partial charge in [-0.25, -0.2) is 29.9 Å². The molecule has 11 heteroatoms. The van der Waals surface area contributed by atoms with E-state index in [-0.39, 0.29) is 0 Å². The fraction of sp³-hybridized carbons (Fsp3) is 0. The summed E-state index contributed by atoms with van der Waals surface area (Å²) in [5.74, 6) is 0. The van der Waals surface area contributed by atoms with E-state index in [1.54, 1.807) is 0 Å². The van der Waals surface area contributed by atoms with Crippen LogP contribution in [0.1, 0.15) is 0 Å². The Morgan fingerprint density at radius 2 is 0.411 bits per heavy atom. The average molecular weight is 1850 g/mol. The van der Waals surface area contributed by atoms with Crippen molar-refractivity contribution in [2.75, 3.05) is 0 Å². The summed E-state index contributed by atoms with van der Waals surface area (Å²) in [6.45, 7) is 0. The van der Waals surface area contributed by atoms with E-state index in [1.165, 1.54) is 154 Å². The number of benzene rings is 21. The zero-order valence-electron chi connectivity index (χ0n) is 76.0. The first-order valence-electron chi connectivity index (χ1n) is 47.5. The molecular formula is C130H80N8S3. The van der Waals surface area contributed by atoms with Crippen molar-refractivity contribution in [2.24, 2.45) is 0 Å². The summed E-state index contributed by atoms with van der Waals surface area (Å²) in [6.07, 6.45) is 0. The van der Waals surface area contributed by atoms with E-state index in [1.807, 2.05) is 107 Å². The Bertz CT molecular complexity index is 9940. The maximum atomic E-state index is 5.26. The monoisotopic (exact) mass is 1850 g/mol. The summed E-state index contributed by atoms with van der Waals surface area (Å²) in [4.78, 5) is 31.2. The first kappa shape index (κ1) is 82.6. The van der Waals surface area contributed by atoms with Gasteiger partial charge in [-0.1, -0.05) is 358 Å². The van der Waals surface area contributed by atoms with Crippen LogP contribution < -0.4 is 0 Å². The molecule has 0 atom stereocenters. The normalized spacial score (nSPS) is 11.7. The molecule has 29 aromatic rings. The molecule has 0 aliphatic rings. The SMILES string of the molecule is c1ccc(-n2c3ccccc3c3ccc(-c4nc5ccccc5nc4-c4ccc(-c5cccc6sc7ccccc7c56)cc4)cc32)cc1.c1ccc2cc(-c3ccc(-c4nc5ccccc5nc4-c4ccc(-c5cccc6sc7ccccc7c56)cc4)cc3)ccc2c1.c1ccc2nc(-c3ccc(-n4c5ccccc5c5ccccc54)cc3)c(-c3ccc(-c4cccc5sc6ccccc6c45)cc3)nc2c1. The van der Waals surface area contributed by atoms with Crippen molar-refractivity contribution in [1.29, 1.82) is 0 Å². The molecule has 0 aliphatic carbocycles. The smallest absolute Gasteiger partial charge is 0.0973 e. The number of fused-ring (bicyclic) bond motifs is 19. The van der Waals surface area contributed by atoms with Gasteiger partial charge in [0.2, 0.25) is 0 Å². The van der Waals surface area contributed by atoms with Crippen LogP contribution in [0, 0.1) is 0 Å². The van der Waals surface area contributed by atoms with Crippen LogP contribution in [0.3, 0.4) is 0 Å². The standard InChI is InChI=1S/2C44H27N3S.C42H26N2S/c1-6-16-38-33(10-1)34-11-2-7-17-39(34)47(38)31-26-24-30(25-27-31)44-43(45-36-14-4-5-15-37(36)46-44)29-22-20-28(21-23-29)32-13-9-19-41-42(32)35-12-3-8-18-40(35)48-41;1-2-11-31(12-3-1)47-38-18-8-4-13-33(38)34-26-25-30(27-39(34)47)44-43(45-36-16-6-7-17-37(36)46-44)29-23-21-28(22-24-29)32-15-10-20-41-42(32)35-14-5-9-19-40(35)48-41;1-2-9-32-26-33(25-18-27(32)8-1)28-16-21-30(22-17-28)41-42(44-37-13-5-4-12-36(37)43-41)31-23-19-29(20-24-31)34-11-7-15-39-40(34)35-10-3-6-14-38(35)45-39/h2*1-27H;1-26H. The predicted octanol–water partition coefficient (Wildman–Crippen LogP) is 36.0. The Labute approximate surface area is 823 Å². The lowest BCUT2D eigenvalue weighted by molar-refractivity contribution is 1.18. The van der Waals surface area contributed by atoms with Gasteiger partial charge in [-0.2, -0.15) is 0 Å². The molecule has 0 unspecified atom stereocenters. The van der Waals surface area contributed by atoms with Crippen LogP contribution in [-0.2, 0) is 0 Å². The number of rotatable bonds is 12. The molecule has 0 saturated heterocycles. The number of para-hydroxylation sites is 10. The Hall–Kier alpha value is -17.8. The Balaban J connectivity index is 0.000000106. The van der Waals surface area contributed by atoms with E-state index < -0.39 is 0 Å². The minimum atomic E-state index is 0.874. The van der Waals surface area contributed by atoms with Crippen molar-refractivity contribution >= 4 is 182 Å². The largest absolute Gasteiger partial charge is 0.309 e. The van der Waals surface area contributed by atoms with Gasteiger partial charge in [-0.3, -0.25) is 0 Å². The van der Waals surface area contributed by atoms with Crippen molar-refractivity contribution < 1.29 is 0 Å². The zero-order chi connectivity index (χ0) is 93.0. The van der Waals surface area contributed by atoms with Gasteiger partial charge in [-0.05, 0) is 183 Å². The molecule has 0 aliphatic heterocycles. The Morgan fingerprint density at radius 3 is 0.794 bits per heavy atom. The van der Waals surface area contributed by atoms with Crippen molar-refractivity contribution in [3.63, 3.8) is 0 Å². The van der Waals surface area contributed by atoms with Crippen LogP contribution in [0.25, 0.3) is 271 Å². The fourth-order valence-corrected chi connectivity index (χ4v) is 24.2. The molecule has 0 amide bonds. The van der Waals surface area contributed by atoms with Crippen LogP contribution in [0.15, 0.2) is 485 Å². The minimum Gasteiger partial charge on any atom is -0.309 e. The summed E-state index contributed by atoms with van der Waals surface area (Å²) < 4.78 is 12.6. The third-order valence-electron chi connectivity index (χ3n) is 27.5. The van der Waals surface area contributed by atoms with Crippen molar-refractivity contribution in [3.8, 4) is 123 Å². The number of hydrogen-bond acceptors (Lipinski definition) is 9. The fourth-order valence-electron chi connectivity index (χ4n) is 20.8. The lowest BCUT2D eigenvalue weighted by Gasteiger charge is -2.13. The highest BCUT2D eigenvalue weighted by Crippen LogP contribution is 2.48. The van der Waals surface area contributed by atoms with Crippen LogP contribution in [0.2, 0.25) is 0 Å². The highest BCUT2D eigenvalue weighted by atomic mass is 32.1. The summed E-state index contributed by atoms with van der Waals surface area (Å²) in [5.41, 5.74) is 33.5. The van der Waals surface area contributed by atoms with Crippen molar-refractivity contribution in [3.05, 3.63) is 485 Å². The summed E-state index contributed by atoms with van der Waals surface area (Å²) in [5, 5.41) is 15.3. The molecule has 8 heterocycles. The molecular weight excluding hydrogens is 1770 g/mol. The van der Waals surface area contributed by atoms with Crippen LogP contribution in [0.4, 0.5) is 0 Å². The van der Waals surface area contributed by atoms with Gasteiger partial charge in [0.05, 0.1) is 89.3 Å². The molecule has 8 aromatic heterocycles. The lowest BCUT2D eigenvalue weighted by atomic mass is 9.96. The van der Waals surface area contributed by atoms with Crippen molar-refractivity contribution in [1.82, 2.24) is 39.0 Å². The van der Waals surface area contributed by atoms with E-state index in [9.17, 15) is 0 Å². The first-order valence-corrected chi connectivity index (χ1v) is 49.9. The second kappa shape index (κ2) is 34.8. The molecule has 0 radical (unpaired) electrons. The number of thiophene rings is 3. The molecule has 0 bridgehead atoms. The number of nitrogens with zero attached hydrogens (tertiary/aromatic N) is 8. The predicted molar refractivity (Wildman–Crippen MR) is 598 cm³/mol.